The van der Waals surface area contributed by atoms with Crippen LogP contribution in [0.5, 0.6) is 0 Å². The summed E-state index contributed by atoms with van der Waals surface area (Å²) in [5.41, 5.74) is 1.74. The highest BCUT2D eigenvalue weighted by Crippen LogP contribution is 2.38. The predicted octanol–water partition coefficient (Wildman–Crippen LogP) is 3.36. The van der Waals surface area contributed by atoms with Gasteiger partial charge >= 0.3 is 0 Å². The van der Waals surface area contributed by atoms with Crippen molar-refractivity contribution in [1.29, 1.82) is 0 Å². The van der Waals surface area contributed by atoms with Crippen molar-refractivity contribution in [2.75, 3.05) is 29.9 Å². The van der Waals surface area contributed by atoms with Crippen LogP contribution in [0.4, 0.5) is 24.7 Å². The Bertz CT molecular complexity index is 1190. The molecule has 2 N–H and O–H groups in total. The molecule has 0 spiro atoms. The number of nitrogens with zero attached hydrogens (tertiary/aromatic N) is 4. The van der Waals surface area contributed by atoms with Gasteiger partial charge in [-0.15, -0.1) is 0 Å². The van der Waals surface area contributed by atoms with Crippen LogP contribution in [0.2, 0.25) is 0 Å². The summed E-state index contributed by atoms with van der Waals surface area (Å²) in [6, 6.07) is 7.88. The van der Waals surface area contributed by atoms with Gasteiger partial charge in [-0.2, -0.15) is 0 Å². The summed E-state index contributed by atoms with van der Waals surface area (Å²) in [7, 11) is 0. The first kappa shape index (κ1) is 20.5. The van der Waals surface area contributed by atoms with Crippen molar-refractivity contribution in [2.45, 2.75) is 24.7 Å². The molecule has 0 unspecified atom stereocenters. The Hall–Kier alpha value is -3.40. The van der Waals surface area contributed by atoms with E-state index >= 15 is 0 Å². The Kier molecular flexibility index (Phi) is 5.30. The molecule has 10 heteroatoms. The molecule has 1 saturated heterocycles. The van der Waals surface area contributed by atoms with Crippen LogP contribution >= 0.6 is 0 Å². The number of ether oxygens (including phenoxy) is 1. The molecule has 0 radical (unpaired) electrons. The van der Waals surface area contributed by atoms with Crippen molar-refractivity contribution in [3.05, 3.63) is 59.8 Å². The van der Waals surface area contributed by atoms with Crippen molar-refractivity contribution in [1.82, 2.24) is 9.97 Å². The molecule has 5 rings (SSSR count). The molecular formula is C22H20F3N5O2. The number of nitrogens with one attached hydrogen (secondary N) is 1. The fraction of sp³-hybridized carbons (Fsp3) is 0.318. The zero-order chi connectivity index (χ0) is 22.2. The lowest BCUT2D eigenvalue weighted by molar-refractivity contribution is 0.0950. The average Bonchev–Trinajstić information content (AvgIpc) is 3.18. The maximum atomic E-state index is 14.4. The van der Waals surface area contributed by atoms with Crippen LogP contribution in [0.3, 0.4) is 0 Å². The standard InChI is InChI=1S/C22H20F3N5O2/c23-12-1-2-16(25)15(7-12)19-8-13(24)10-30(19)20-4-3-17-21(29-20)18(5-6-26-17)28-22-27-9-14(31)11-32-22/h1-7,13-14,19,31H,8-11H2,(H,26,27,28)/t13-,14-,19+/m0/s1. The number of amidine groups is 1. The molecule has 2 aromatic heterocycles. The van der Waals surface area contributed by atoms with E-state index in [1.54, 1.807) is 29.3 Å². The van der Waals surface area contributed by atoms with Crippen LogP contribution in [-0.4, -0.2) is 53.1 Å². The Labute approximate surface area is 181 Å². The third-order valence-electron chi connectivity index (χ3n) is 5.53. The van der Waals surface area contributed by atoms with Crippen LogP contribution in [0, 0.1) is 11.6 Å². The van der Waals surface area contributed by atoms with Crippen molar-refractivity contribution in [2.24, 2.45) is 4.99 Å². The quantitative estimate of drug-likeness (QED) is 0.646. The number of aliphatic hydroxyl groups excluding tert-OH is 1. The number of aliphatic hydroxyl groups is 1. The van der Waals surface area contributed by atoms with Gasteiger partial charge in [-0.3, -0.25) is 4.98 Å². The van der Waals surface area contributed by atoms with Gasteiger partial charge in [-0.25, -0.2) is 23.1 Å². The molecule has 7 nitrogen and oxygen atoms in total. The maximum absolute atomic E-state index is 14.4. The van der Waals surface area contributed by atoms with E-state index < -0.39 is 30.0 Å². The highest BCUT2D eigenvalue weighted by molar-refractivity contribution is 5.98. The van der Waals surface area contributed by atoms with E-state index in [1.165, 1.54) is 0 Å². The highest BCUT2D eigenvalue weighted by atomic mass is 19.1. The number of hydrogen-bond acceptors (Lipinski definition) is 7. The number of aliphatic imine (C=N–C) groups is 1. The second kappa shape index (κ2) is 8.27. The molecule has 1 aromatic carbocycles. The van der Waals surface area contributed by atoms with Crippen LogP contribution in [0.1, 0.15) is 18.0 Å². The molecule has 3 aromatic rings. The molecule has 1 fully saturated rings. The highest BCUT2D eigenvalue weighted by Gasteiger charge is 2.36. The van der Waals surface area contributed by atoms with Crippen LogP contribution in [-0.2, 0) is 4.74 Å². The summed E-state index contributed by atoms with van der Waals surface area (Å²) in [6.07, 6.45) is -0.222. The molecule has 2 aliphatic rings. The SMILES string of the molecule is O[C@H]1CN=C(Nc2ccnc3ccc(N4C[C@@H](F)C[C@@H]4c4cc(F)ccc4F)nc23)OC1. The van der Waals surface area contributed by atoms with Crippen molar-refractivity contribution >= 4 is 28.6 Å². The Morgan fingerprint density at radius 2 is 2.03 bits per heavy atom. The van der Waals surface area contributed by atoms with Gasteiger partial charge in [0, 0.05) is 18.2 Å². The smallest absolute Gasteiger partial charge is 0.289 e. The lowest BCUT2D eigenvalue weighted by Gasteiger charge is -2.26. The average molecular weight is 443 g/mol. The lowest BCUT2D eigenvalue weighted by atomic mass is 10.0. The summed E-state index contributed by atoms with van der Waals surface area (Å²) < 4.78 is 48.0. The van der Waals surface area contributed by atoms with Crippen LogP contribution in [0.25, 0.3) is 11.0 Å². The number of hydrogen-bond donors (Lipinski definition) is 2. The number of alkyl halides is 1. The van der Waals surface area contributed by atoms with Crippen molar-refractivity contribution < 1.29 is 23.0 Å². The van der Waals surface area contributed by atoms with Gasteiger partial charge in [0.15, 0.2) is 0 Å². The van der Waals surface area contributed by atoms with Gasteiger partial charge in [0.1, 0.15) is 41.9 Å². The summed E-state index contributed by atoms with van der Waals surface area (Å²) in [5, 5.41) is 12.6. The topological polar surface area (TPSA) is 82.9 Å². The summed E-state index contributed by atoms with van der Waals surface area (Å²) in [4.78, 5) is 14.7. The Morgan fingerprint density at radius 1 is 1.16 bits per heavy atom. The second-order valence-electron chi connectivity index (χ2n) is 7.80. The van der Waals surface area contributed by atoms with E-state index in [-0.39, 0.29) is 37.7 Å². The van der Waals surface area contributed by atoms with Crippen molar-refractivity contribution in [3.8, 4) is 0 Å². The van der Waals surface area contributed by atoms with E-state index in [2.05, 4.69) is 20.3 Å². The zero-order valence-corrected chi connectivity index (χ0v) is 16.9. The number of rotatable bonds is 3. The number of anilines is 2. The number of aromatic nitrogens is 2. The third-order valence-corrected chi connectivity index (χ3v) is 5.53. The van der Waals surface area contributed by atoms with Gasteiger partial charge in [-0.05, 0) is 36.4 Å². The van der Waals surface area contributed by atoms with Gasteiger partial charge in [0.2, 0.25) is 0 Å². The minimum absolute atomic E-state index is 0.00978. The molecular weight excluding hydrogens is 423 g/mol. The fourth-order valence-electron chi connectivity index (χ4n) is 4.03. The minimum Gasteiger partial charge on any atom is -0.462 e. The maximum Gasteiger partial charge on any atom is 0.289 e. The molecule has 0 amide bonds. The molecule has 32 heavy (non-hydrogen) atoms. The molecule has 0 bridgehead atoms. The van der Waals surface area contributed by atoms with Gasteiger partial charge in [-0.1, -0.05) is 0 Å². The first-order valence-corrected chi connectivity index (χ1v) is 10.2. The minimum atomic E-state index is -1.21. The van der Waals surface area contributed by atoms with Crippen molar-refractivity contribution in [3.63, 3.8) is 0 Å². The molecule has 2 aliphatic heterocycles. The van der Waals surface area contributed by atoms with E-state index in [9.17, 15) is 18.3 Å². The molecule has 3 atom stereocenters. The molecule has 0 saturated carbocycles. The summed E-state index contributed by atoms with van der Waals surface area (Å²) >= 11 is 0. The van der Waals surface area contributed by atoms with E-state index in [0.717, 1.165) is 18.2 Å². The monoisotopic (exact) mass is 443 g/mol. The largest absolute Gasteiger partial charge is 0.462 e. The lowest BCUT2D eigenvalue weighted by Crippen LogP contribution is -2.31. The summed E-state index contributed by atoms with van der Waals surface area (Å²) in [5.74, 6) is -0.747. The van der Waals surface area contributed by atoms with E-state index in [4.69, 9.17) is 4.74 Å². The zero-order valence-electron chi connectivity index (χ0n) is 16.9. The second-order valence-corrected chi connectivity index (χ2v) is 7.80. The number of benzene rings is 1. The van der Waals surface area contributed by atoms with Crippen LogP contribution < -0.4 is 10.2 Å². The first-order chi connectivity index (χ1) is 15.5. The van der Waals surface area contributed by atoms with Gasteiger partial charge in [0.05, 0.1) is 30.3 Å². The third kappa shape index (κ3) is 3.93. The summed E-state index contributed by atoms with van der Waals surface area (Å²) in [6.45, 7) is 0.354. The number of fused-ring (bicyclic) bond motifs is 1. The van der Waals surface area contributed by atoms with E-state index in [1.807, 2.05) is 0 Å². The number of pyridine rings is 2. The molecule has 4 heterocycles. The van der Waals surface area contributed by atoms with Crippen LogP contribution in [0.15, 0.2) is 47.6 Å². The molecule has 0 aliphatic carbocycles. The molecule has 166 valence electrons. The van der Waals surface area contributed by atoms with Gasteiger partial charge in [0.25, 0.3) is 6.02 Å². The van der Waals surface area contributed by atoms with Gasteiger partial charge < -0.3 is 20.1 Å². The number of halogens is 3. The fourth-order valence-corrected chi connectivity index (χ4v) is 4.03. The first-order valence-electron chi connectivity index (χ1n) is 10.2. The van der Waals surface area contributed by atoms with E-state index in [0.29, 0.717) is 22.5 Å². The Balaban J connectivity index is 1.51. The Morgan fingerprint density at radius 3 is 2.84 bits per heavy atom. The normalized spacial score (nSPS) is 23.2. The predicted molar refractivity (Wildman–Crippen MR) is 113 cm³/mol.